The molecule has 0 bridgehead atoms. The maximum absolute atomic E-state index is 11.3. The van der Waals surface area contributed by atoms with Gasteiger partial charge in [0, 0.05) is 12.1 Å². The molecule has 1 aromatic rings. The summed E-state index contributed by atoms with van der Waals surface area (Å²) in [5, 5.41) is 0. The van der Waals surface area contributed by atoms with Gasteiger partial charge in [0.05, 0.1) is 6.61 Å². The Morgan fingerprint density at radius 1 is 1.20 bits per heavy atom. The first-order valence-corrected chi connectivity index (χ1v) is 6.44. The van der Waals surface area contributed by atoms with Crippen LogP contribution in [0.3, 0.4) is 0 Å². The van der Waals surface area contributed by atoms with Crippen LogP contribution in [0.4, 0.5) is 0 Å². The van der Waals surface area contributed by atoms with Crippen LogP contribution in [0.25, 0.3) is 22.6 Å². The molecule has 0 spiro atoms. The lowest BCUT2D eigenvalue weighted by Crippen LogP contribution is -2.06. The van der Waals surface area contributed by atoms with Crippen LogP contribution < -0.4 is 15.9 Å². The van der Waals surface area contributed by atoms with Crippen LogP contribution in [-0.2, 0) is 0 Å². The van der Waals surface area contributed by atoms with E-state index in [1.54, 1.807) is 12.1 Å². The van der Waals surface area contributed by atoms with E-state index in [4.69, 9.17) is 14.9 Å². The Bertz CT molecular complexity index is 767. The summed E-state index contributed by atoms with van der Waals surface area (Å²) in [6.07, 6.45) is 0.796. The minimum atomic E-state index is -0.0993. The third kappa shape index (κ3) is 2.48. The number of aromatic nitrogens is 1. The molecule has 5 nitrogen and oxygen atoms in total. The Balaban J connectivity index is 2.02. The number of hydrogen-bond acceptors (Lipinski definition) is 5. The van der Waals surface area contributed by atoms with Gasteiger partial charge in [0.25, 0.3) is 0 Å². The molecule has 102 valence electrons. The highest BCUT2D eigenvalue weighted by Gasteiger charge is 2.09. The Kier molecular flexibility index (Phi) is 3.35. The molecule has 1 aromatic carbocycles. The molecule has 3 rings (SSSR count). The average Bonchev–Trinajstić information content (AvgIpc) is 2.45. The minimum absolute atomic E-state index is 0.0993. The largest absolute Gasteiger partial charge is 0.493 e. The first kappa shape index (κ1) is 12.6. The lowest BCUT2D eigenvalue weighted by Gasteiger charge is -2.08. The Hall–Kier alpha value is -2.40. The van der Waals surface area contributed by atoms with E-state index in [9.17, 15) is 4.79 Å². The number of benzene rings is 2. The van der Waals surface area contributed by atoms with Gasteiger partial charge in [0.15, 0.2) is 16.8 Å². The van der Waals surface area contributed by atoms with Gasteiger partial charge in [-0.1, -0.05) is 0 Å². The molecule has 0 fully saturated rings. The molecular formula is C15H14N2O3. The molecule has 20 heavy (non-hydrogen) atoms. The smallest absolute Gasteiger partial charge is 0.182 e. The second kappa shape index (κ2) is 5.30. The van der Waals surface area contributed by atoms with E-state index in [0.717, 1.165) is 11.9 Å². The first-order valence-electron chi connectivity index (χ1n) is 6.44. The molecule has 0 unspecified atom stereocenters. The molecule has 0 atom stereocenters. The molecule has 1 heterocycles. The van der Waals surface area contributed by atoms with Crippen LogP contribution in [0.15, 0.2) is 45.6 Å². The summed E-state index contributed by atoms with van der Waals surface area (Å²) in [5.74, 6) is 1.18. The van der Waals surface area contributed by atoms with Crippen molar-refractivity contribution >= 4 is 11.1 Å². The Labute approximate surface area is 115 Å². The highest BCUT2D eigenvalue weighted by molar-refractivity contribution is 5.77. The van der Waals surface area contributed by atoms with Crippen LogP contribution in [-0.4, -0.2) is 18.1 Å². The van der Waals surface area contributed by atoms with Gasteiger partial charge in [-0.25, -0.2) is 4.98 Å². The third-order valence-corrected chi connectivity index (χ3v) is 2.94. The maximum atomic E-state index is 11.3. The van der Waals surface area contributed by atoms with E-state index in [-0.39, 0.29) is 5.43 Å². The van der Waals surface area contributed by atoms with Crippen LogP contribution in [0.2, 0.25) is 0 Å². The molecule has 5 heteroatoms. The monoisotopic (exact) mass is 270 g/mol. The number of rotatable bonds is 4. The molecule has 0 aromatic heterocycles. The van der Waals surface area contributed by atoms with Crippen molar-refractivity contribution in [3.05, 3.63) is 46.6 Å². The number of fused-ring (bicyclic) bond motifs is 2. The highest BCUT2D eigenvalue weighted by atomic mass is 16.5. The zero-order valence-corrected chi connectivity index (χ0v) is 10.8. The molecular weight excluding hydrogens is 256 g/mol. The molecule has 0 saturated carbocycles. The van der Waals surface area contributed by atoms with Crippen LogP contribution in [0.5, 0.6) is 5.75 Å². The van der Waals surface area contributed by atoms with Gasteiger partial charge in [-0.15, -0.1) is 0 Å². The van der Waals surface area contributed by atoms with Gasteiger partial charge in [-0.2, -0.15) is 0 Å². The summed E-state index contributed by atoms with van der Waals surface area (Å²) in [7, 11) is 0. The SMILES string of the molecule is NCCCOc1ccc2nc3ccc(=O)cc-3oc2c1. The molecule has 2 N–H and O–H groups in total. The molecule has 0 radical (unpaired) electrons. The van der Waals surface area contributed by atoms with E-state index < -0.39 is 0 Å². The standard InChI is InChI=1S/C15H14N2O3/c16-6-1-7-19-11-3-5-13-15(9-11)20-14-8-10(18)2-4-12(14)17-13/h2-5,8-9H,1,6-7,16H2. The van der Waals surface area contributed by atoms with Gasteiger partial charge in [0.1, 0.15) is 17.0 Å². The highest BCUT2D eigenvalue weighted by Crippen LogP contribution is 2.26. The van der Waals surface area contributed by atoms with E-state index >= 15 is 0 Å². The van der Waals surface area contributed by atoms with Crippen molar-refractivity contribution in [2.75, 3.05) is 13.2 Å². The van der Waals surface area contributed by atoms with Gasteiger partial charge < -0.3 is 14.9 Å². The summed E-state index contributed by atoms with van der Waals surface area (Å²) in [4.78, 5) is 15.8. The van der Waals surface area contributed by atoms with Crippen molar-refractivity contribution in [1.29, 1.82) is 0 Å². The second-order valence-electron chi connectivity index (χ2n) is 4.46. The number of nitrogens with two attached hydrogens (primary N) is 1. The third-order valence-electron chi connectivity index (χ3n) is 2.94. The van der Waals surface area contributed by atoms with Crippen LogP contribution in [0.1, 0.15) is 6.42 Å². The molecule has 2 aliphatic rings. The molecule has 0 saturated heterocycles. The quantitative estimate of drug-likeness (QED) is 0.579. The summed E-state index contributed by atoms with van der Waals surface area (Å²) >= 11 is 0. The zero-order chi connectivity index (χ0) is 13.9. The van der Waals surface area contributed by atoms with Crippen LogP contribution >= 0.6 is 0 Å². The molecule has 1 aliphatic heterocycles. The van der Waals surface area contributed by atoms with Crippen molar-refractivity contribution < 1.29 is 9.15 Å². The summed E-state index contributed by atoms with van der Waals surface area (Å²) in [6, 6.07) is 10.0. The van der Waals surface area contributed by atoms with Crippen molar-refractivity contribution in [3.63, 3.8) is 0 Å². The fourth-order valence-corrected chi connectivity index (χ4v) is 1.95. The Morgan fingerprint density at radius 3 is 2.95 bits per heavy atom. The fraction of sp³-hybridized carbons (Fsp3) is 0.200. The average molecular weight is 270 g/mol. The predicted molar refractivity (Wildman–Crippen MR) is 76.1 cm³/mol. The summed E-state index contributed by atoms with van der Waals surface area (Å²) in [5.41, 5.74) is 7.30. The van der Waals surface area contributed by atoms with Crippen LogP contribution in [0, 0.1) is 0 Å². The lowest BCUT2D eigenvalue weighted by molar-refractivity contribution is 0.313. The molecule has 0 amide bonds. The molecule has 1 aliphatic carbocycles. The van der Waals surface area contributed by atoms with E-state index in [1.807, 2.05) is 12.1 Å². The van der Waals surface area contributed by atoms with Gasteiger partial charge in [-0.05, 0) is 37.2 Å². The van der Waals surface area contributed by atoms with Crippen molar-refractivity contribution in [3.8, 4) is 17.2 Å². The minimum Gasteiger partial charge on any atom is -0.493 e. The van der Waals surface area contributed by atoms with Crippen molar-refractivity contribution in [2.45, 2.75) is 6.42 Å². The van der Waals surface area contributed by atoms with E-state index in [0.29, 0.717) is 35.9 Å². The van der Waals surface area contributed by atoms with E-state index in [1.165, 1.54) is 12.1 Å². The van der Waals surface area contributed by atoms with Gasteiger partial charge >= 0.3 is 0 Å². The fourth-order valence-electron chi connectivity index (χ4n) is 1.95. The maximum Gasteiger partial charge on any atom is 0.182 e. The second-order valence-corrected chi connectivity index (χ2v) is 4.46. The Morgan fingerprint density at radius 2 is 2.10 bits per heavy atom. The number of hydrogen-bond donors (Lipinski definition) is 1. The number of ether oxygens (including phenoxy) is 1. The zero-order valence-electron chi connectivity index (χ0n) is 10.8. The van der Waals surface area contributed by atoms with Gasteiger partial charge in [-0.3, -0.25) is 4.79 Å². The number of nitrogens with zero attached hydrogens (tertiary/aromatic N) is 1. The summed E-state index contributed by atoms with van der Waals surface area (Å²) in [6.45, 7) is 1.16. The summed E-state index contributed by atoms with van der Waals surface area (Å²) < 4.78 is 11.3. The van der Waals surface area contributed by atoms with Gasteiger partial charge in [0.2, 0.25) is 0 Å². The predicted octanol–water partition coefficient (Wildman–Crippen LogP) is 2.02. The first-order chi connectivity index (χ1) is 9.76. The normalized spacial score (nSPS) is 11.1. The van der Waals surface area contributed by atoms with E-state index in [2.05, 4.69) is 4.98 Å². The van der Waals surface area contributed by atoms with Crippen molar-refractivity contribution in [2.24, 2.45) is 5.73 Å². The topological polar surface area (TPSA) is 78.4 Å². The van der Waals surface area contributed by atoms with Crippen molar-refractivity contribution in [1.82, 2.24) is 4.98 Å². The lowest BCUT2D eigenvalue weighted by atomic mass is 10.2.